The molecule has 1 aliphatic rings. The average molecular weight is 325 g/mol. The molecular formula is C16H24FN3O3. The van der Waals surface area contributed by atoms with Gasteiger partial charge in [0.15, 0.2) is 0 Å². The Morgan fingerprint density at radius 3 is 2.78 bits per heavy atom. The van der Waals surface area contributed by atoms with E-state index < -0.39 is 11.9 Å². The van der Waals surface area contributed by atoms with Gasteiger partial charge in [-0.1, -0.05) is 0 Å². The highest BCUT2D eigenvalue weighted by Gasteiger charge is 2.35. The lowest BCUT2D eigenvalue weighted by Crippen LogP contribution is -2.42. The van der Waals surface area contributed by atoms with Gasteiger partial charge in [0, 0.05) is 12.0 Å². The quantitative estimate of drug-likeness (QED) is 0.739. The minimum absolute atomic E-state index is 0.0996. The number of carbonyl (C=O) groups is 1. The Labute approximate surface area is 135 Å². The van der Waals surface area contributed by atoms with Crippen LogP contribution in [0.2, 0.25) is 0 Å². The van der Waals surface area contributed by atoms with Crippen molar-refractivity contribution in [2.75, 3.05) is 23.8 Å². The van der Waals surface area contributed by atoms with Gasteiger partial charge in [-0.05, 0) is 39.0 Å². The lowest BCUT2D eigenvalue weighted by Gasteiger charge is -2.26. The number of nitrogens with zero attached hydrogens (tertiary/aromatic N) is 1. The van der Waals surface area contributed by atoms with Crippen LogP contribution in [0.1, 0.15) is 27.2 Å². The van der Waals surface area contributed by atoms with Crippen molar-refractivity contribution < 1.29 is 19.0 Å². The number of nitrogens with one attached hydrogen (secondary N) is 1. The number of nitrogens with two attached hydrogens (primary N) is 1. The number of alkyl carbamates (subject to hydrolysis) is 1. The Hall–Kier alpha value is -2.02. The topological polar surface area (TPSA) is 87.8 Å². The lowest BCUT2D eigenvalue weighted by atomic mass is 10.1. The van der Waals surface area contributed by atoms with Gasteiger partial charge >= 0.3 is 6.09 Å². The maximum absolute atomic E-state index is 13.2. The molecule has 0 unspecified atom stereocenters. The van der Waals surface area contributed by atoms with E-state index in [0.717, 1.165) is 0 Å². The van der Waals surface area contributed by atoms with Crippen LogP contribution in [-0.4, -0.2) is 42.0 Å². The van der Waals surface area contributed by atoms with E-state index in [1.807, 2.05) is 25.7 Å². The summed E-state index contributed by atoms with van der Waals surface area (Å²) in [6.45, 7) is 5.90. The fourth-order valence-electron chi connectivity index (χ4n) is 2.70. The van der Waals surface area contributed by atoms with Crippen molar-refractivity contribution in [3.8, 4) is 0 Å². The summed E-state index contributed by atoms with van der Waals surface area (Å²) in [6.07, 6.45) is -0.364. The van der Waals surface area contributed by atoms with Crippen molar-refractivity contribution in [3.05, 3.63) is 24.0 Å². The average Bonchev–Trinajstić information content (AvgIpc) is 2.79. The predicted octanol–water partition coefficient (Wildman–Crippen LogP) is 1.87. The summed E-state index contributed by atoms with van der Waals surface area (Å²) in [4.78, 5) is 13.7. The molecule has 1 saturated heterocycles. The molecule has 1 aliphatic heterocycles. The van der Waals surface area contributed by atoms with Gasteiger partial charge in [-0.25, -0.2) is 9.18 Å². The Morgan fingerprint density at radius 1 is 1.52 bits per heavy atom. The van der Waals surface area contributed by atoms with Crippen molar-refractivity contribution in [2.45, 2.75) is 44.9 Å². The first-order chi connectivity index (χ1) is 10.7. The van der Waals surface area contributed by atoms with E-state index in [1.54, 1.807) is 6.07 Å². The summed E-state index contributed by atoms with van der Waals surface area (Å²) in [6, 6.07) is 3.91. The van der Waals surface area contributed by atoms with Crippen LogP contribution in [0.3, 0.4) is 0 Å². The molecule has 0 saturated carbocycles. The van der Waals surface area contributed by atoms with Crippen LogP contribution in [0.15, 0.2) is 18.2 Å². The Balaban J connectivity index is 2.07. The summed E-state index contributed by atoms with van der Waals surface area (Å²) in [5.74, 6) is -0.414. The van der Waals surface area contributed by atoms with Gasteiger partial charge < -0.3 is 25.8 Å². The second kappa shape index (κ2) is 6.62. The highest BCUT2D eigenvalue weighted by Crippen LogP contribution is 2.32. The number of amides is 1. The highest BCUT2D eigenvalue weighted by molar-refractivity contribution is 5.70. The standard InChI is InChI=1S/C16H24FN3O3/c1-16(2,3)19-15(22)23-12-7-11(9-21)20(8-12)14-5-4-10(17)6-13(14)18/h4-6,11-12,21H,7-9,18H2,1-3H3,(H,19,22)/t11-,12-/m0/s1. The van der Waals surface area contributed by atoms with E-state index in [1.165, 1.54) is 12.1 Å². The van der Waals surface area contributed by atoms with Gasteiger partial charge in [0.2, 0.25) is 0 Å². The van der Waals surface area contributed by atoms with Crippen molar-refractivity contribution >= 4 is 17.5 Å². The van der Waals surface area contributed by atoms with Gasteiger partial charge in [-0.2, -0.15) is 0 Å². The summed E-state index contributed by atoms with van der Waals surface area (Å²) in [5.41, 5.74) is 6.41. The molecule has 128 valence electrons. The first-order valence-electron chi connectivity index (χ1n) is 7.61. The number of hydrogen-bond acceptors (Lipinski definition) is 5. The number of hydrogen-bond donors (Lipinski definition) is 3. The number of anilines is 2. The fraction of sp³-hybridized carbons (Fsp3) is 0.562. The molecule has 1 fully saturated rings. The number of halogens is 1. The number of benzene rings is 1. The maximum Gasteiger partial charge on any atom is 0.407 e. The number of carbonyl (C=O) groups excluding carboxylic acids is 1. The molecule has 0 spiro atoms. The Kier molecular flexibility index (Phi) is 4.99. The summed E-state index contributed by atoms with van der Waals surface area (Å²) in [5, 5.41) is 12.3. The third kappa shape index (κ3) is 4.48. The molecule has 0 radical (unpaired) electrons. The zero-order valence-electron chi connectivity index (χ0n) is 13.7. The molecule has 1 aromatic rings. The van der Waals surface area contributed by atoms with E-state index in [2.05, 4.69) is 5.32 Å². The minimum atomic E-state index is -0.492. The Bertz CT molecular complexity index is 574. The van der Waals surface area contributed by atoms with Gasteiger partial charge in [0.25, 0.3) is 0 Å². The van der Waals surface area contributed by atoms with E-state index in [0.29, 0.717) is 24.3 Å². The molecule has 6 nitrogen and oxygen atoms in total. The number of aliphatic hydroxyl groups excluding tert-OH is 1. The number of nitrogen functional groups attached to an aromatic ring is 1. The van der Waals surface area contributed by atoms with Crippen LogP contribution in [0.5, 0.6) is 0 Å². The van der Waals surface area contributed by atoms with Crippen LogP contribution < -0.4 is 16.0 Å². The van der Waals surface area contributed by atoms with Crippen molar-refractivity contribution in [1.82, 2.24) is 5.32 Å². The van der Waals surface area contributed by atoms with Crippen molar-refractivity contribution in [2.24, 2.45) is 0 Å². The molecule has 2 rings (SSSR count). The van der Waals surface area contributed by atoms with Gasteiger partial charge in [0.05, 0.1) is 30.6 Å². The molecule has 2 atom stereocenters. The maximum atomic E-state index is 13.2. The summed E-state index contributed by atoms with van der Waals surface area (Å²) >= 11 is 0. The monoisotopic (exact) mass is 325 g/mol. The van der Waals surface area contributed by atoms with Crippen LogP contribution >= 0.6 is 0 Å². The third-order valence-electron chi connectivity index (χ3n) is 3.64. The second-order valence-corrected chi connectivity index (χ2v) is 6.83. The molecule has 4 N–H and O–H groups in total. The van der Waals surface area contributed by atoms with Gasteiger partial charge in [-0.3, -0.25) is 0 Å². The molecule has 23 heavy (non-hydrogen) atoms. The zero-order chi connectivity index (χ0) is 17.2. The molecule has 0 aromatic heterocycles. The predicted molar refractivity (Wildman–Crippen MR) is 86.8 cm³/mol. The number of aliphatic hydroxyl groups is 1. The zero-order valence-corrected chi connectivity index (χ0v) is 13.7. The number of ether oxygens (including phenoxy) is 1. The van der Waals surface area contributed by atoms with E-state index in [9.17, 15) is 14.3 Å². The van der Waals surface area contributed by atoms with Gasteiger partial charge in [-0.15, -0.1) is 0 Å². The van der Waals surface area contributed by atoms with Crippen molar-refractivity contribution in [1.29, 1.82) is 0 Å². The summed E-state index contributed by atoms with van der Waals surface area (Å²) in [7, 11) is 0. The van der Waals surface area contributed by atoms with Crippen molar-refractivity contribution in [3.63, 3.8) is 0 Å². The molecule has 7 heteroatoms. The molecule has 1 aromatic carbocycles. The van der Waals surface area contributed by atoms with Crippen LogP contribution in [0.25, 0.3) is 0 Å². The lowest BCUT2D eigenvalue weighted by molar-refractivity contribution is 0.0980. The third-order valence-corrected chi connectivity index (χ3v) is 3.64. The SMILES string of the molecule is CC(C)(C)NC(=O)O[C@H]1C[C@@H](CO)N(c2ccc(F)cc2N)C1. The highest BCUT2D eigenvalue weighted by atomic mass is 19.1. The molecular weight excluding hydrogens is 301 g/mol. The minimum Gasteiger partial charge on any atom is -0.444 e. The normalized spacial score (nSPS) is 21.3. The van der Waals surface area contributed by atoms with Crippen LogP contribution in [0, 0.1) is 5.82 Å². The van der Waals surface area contributed by atoms with Gasteiger partial charge in [0.1, 0.15) is 11.9 Å². The van der Waals surface area contributed by atoms with Crippen LogP contribution in [0.4, 0.5) is 20.6 Å². The molecule has 0 aliphatic carbocycles. The van der Waals surface area contributed by atoms with E-state index in [-0.39, 0.29) is 24.3 Å². The van der Waals surface area contributed by atoms with Crippen LogP contribution in [-0.2, 0) is 4.74 Å². The Morgan fingerprint density at radius 2 is 2.22 bits per heavy atom. The molecule has 0 bridgehead atoms. The first-order valence-corrected chi connectivity index (χ1v) is 7.61. The van der Waals surface area contributed by atoms with E-state index >= 15 is 0 Å². The fourth-order valence-corrected chi connectivity index (χ4v) is 2.70. The van der Waals surface area contributed by atoms with E-state index in [4.69, 9.17) is 10.5 Å². The summed E-state index contributed by atoms with van der Waals surface area (Å²) < 4.78 is 18.6. The largest absolute Gasteiger partial charge is 0.444 e. The first kappa shape index (κ1) is 17.3. The second-order valence-electron chi connectivity index (χ2n) is 6.83. The number of rotatable bonds is 3. The molecule has 1 heterocycles. The molecule has 1 amide bonds. The smallest absolute Gasteiger partial charge is 0.407 e.